The highest BCUT2D eigenvalue weighted by atomic mass is 32.2. The minimum atomic E-state index is -0.397. The van der Waals surface area contributed by atoms with E-state index in [-0.39, 0.29) is 22.8 Å². The number of benzene rings is 2. The first-order chi connectivity index (χ1) is 15.5. The van der Waals surface area contributed by atoms with E-state index >= 15 is 0 Å². The zero-order valence-electron chi connectivity index (χ0n) is 17.8. The van der Waals surface area contributed by atoms with Crippen molar-refractivity contribution in [2.45, 2.75) is 30.4 Å². The molecule has 1 atom stereocenters. The first-order valence-electron chi connectivity index (χ1n) is 10.2. The predicted octanol–water partition coefficient (Wildman–Crippen LogP) is 5.22. The standard InChI is InChI=1S/C24H24N2O5S/c1-3-21(23(28)25-17-12-10-16(11-13-17)24(29)30-4-2)32-19-8-5-7-18(15-19)26-22(27)20-9-6-14-31-20/h5-15,21H,3-4H2,1-2H3,(H,25,28)(H,26,27). The van der Waals surface area contributed by atoms with Crippen LogP contribution in [0.25, 0.3) is 0 Å². The number of esters is 1. The predicted molar refractivity (Wildman–Crippen MR) is 124 cm³/mol. The topological polar surface area (TPSA) is 97.6 Å². The van der Waals surface area contributed by atoms with Crippen molar-refractivity contribution in [2.75, 3.05) is 17.2 Å². The molecule has 3 rings (SSSR count). The highest BCUT2D eigenvalue weighted by Gasteiger charge is 2.19. The van der Waals surface area contributed by atoms with Crippen LogP contribution < -0.4 is 10.6 Å². The summed E-state index contributed by atoms with van der Waals surface area (Å²) < 4.78 is 10.1. The number of carbonyl (C=O) groups excluding carboxylic acids is 3. The van der Waals surface area contributed by atoms with Gasteiger partial charge in [-0.1, -0.05) is 13.0 Å². The molecule has 2 aromatic carbocycles. The normalized spacial score (nSPS) is 11.4. The Morgan fingerprint density at radius 1 is 0.969 bits per heavy atom. The number of hydrogen-bond acceptors (Lipinski definition) is 6. The lowest BCUT2D eigenvalue weighted by Crippen LogP contribution is -2.24. The van der Waals surface area contributed by atoms with Crippen molar-refractivity contribution < 1.29 is 23.5 Å². The number of carbonyl (C=O) groups is 3. The van der Waals surface area contributed by atoms with Gasteiger partial charge in [0.25, 0.3) is 5.91 Å². The largest absolute Gasteiger partial charge is 0.462 e. The van der Waals surface area contributed by atoms with Gasteiger partial charge in [0.15, 0.2) is 5.76 Å². The molecule has 0 saturated carbocycles. The number of ether oxygens (including phenoxy) is 1. The van der Waals surface area contributed by atoms with E-state index in [1.807, 2.05) is 25.1 Å². The van der Waals surface area contributed by atoms with E-state index in [4.69, 9.17) is 9.15 Å². The fourth-order valence-electron chi connectivity index (χ4n) is 2.86. The molecule has 32 heavy (non-hydrogen) atoms. The summed E-state index contributed by atoms with van der Waals surface area (Å²) in [4.78, 5) is 37.6. The van der Waals surface area contributed by atoms with Gasteiger partial charge in [-0.25, -0.2) is 4.79 Å². The number of nitrogens with one attached hydrogen (secondary N) is 2. The van der Waals surface area contributed by atoms with Crippen LogP contribution in [0.15, 0.2) is 76.2 Å². The average molecular weight is 453 g/mol. The Labute approximate surface area is 190 Å². The summed E-state index contributed by atoms with van der Waals surface area (Å²) in [5.74, 6) is -0.658. The third-order valence-corrected chi connectivity index (χ3v) is 5.80. The van der Waals surface area contributed by atoms with Crippen LogP contribution in [0.1, 0.15) is 41.2 Å². The van der Waals surface area contributed by atoms with Crippen molar-refractivity contribution in [1.29, 1.82) is 0 Å². The molecule has 0 aliphatic heterocycles. The lowest BCUT2D eigenvalue weighted by atomic mass is 10.2. The van der Waals surface area contributed by atoms with Gasteiger partial charge in [0.05, 0.1) is 23.7 Å². The number of furan rings is 1. The zero-order valence-corrected chi connectivity index (χ0v) is 18.6. The van der Waals surface area contributed by atoms with Crippen LogP contribution >= 0.6 is 11.8 Å². The summed E-state index contributed by atoms with van der Waals surface area (Å²) in [7, 11) is 0. The second-order valence-electron chi connectivity index (χ2n) is 6.76. The van der Waals surface area contributed by atoms with Crippen LogP contribution in [0.5, 0.6) is 0 Å². The van der Waals surface area contributed by atoms with Gasteiger partial charge in [0, 0.05) is 16.3 Å². The minimum Gasteiger partial charge on any atom is -0.462 e. The molecular formula is C24H24N2O5S. The summed E-state index contributed by atoms with van der Waals surface area (Å²) in [6, 6.07) is 17.1. The van der Waals surface area contributed by atoms with Gasteiger partial charge in [-0.3, -0.25) is 9.59 Å². The summed E-state index contributed by atoms with van der Waals surface area (Å²) >= 11 is 1.41. The third kappa shape index (κ3) is 6.24. The molecule has 0 radical (unpaired) electrons. The summed E-state index contributed by atoms with van der Waals surface area (Å²) in [5, 5.41) is 5.33. The fraction of sp³-hybridized carbons (Fsp3) is 0.208. The van der Waals surface area contributed by atoms with Crippen molar-refractivity contribution in [2.24, 2.45) is 0 Å². The second-order valence-corrected chi connectivity index (χ2v) is 8.04. The maximum atomic E-state index is 12.8. The van der Waals surface area contributed by atoms with Gasteiger partial charge in [-0.05, 0) is 67.9 Å². The van der Waals surface area contributed by atoms with Crippen LogP contribution in [0, 0.1) is 0 Å². The molecule has 3 aromatic rings. The molecule has 0 spiro atoms. The van der Waals surface area contributed by atoms with Crippen molar-refractivity contribution >= 4 is 40.9 Å². The highest BCUT2D eigenvalue weighted by Crippen LogP contribution is 2.29. The van der Waals surface area contributed by atoms with E-state index in [2.05, 4.69) is 10.6 Å². The van der Waals surface area contributed by atoms with E-state index in [1.54, 1.807) is 49.4 Å². The molecule has 0 aliphatic rings. The fourth-order valence-corrected chi connectivity index (χ4v) is 3.87. The Kier molecular flexibility index (Phi) is 8.10. The molecule has 2 amide bonds. The van der Waals surface area contributed by atoms with E-state index in [1.165, 1.54) is 18.0 Å². The van der Waals surface area contributed by atoms with Gasteiger partial charge in [0.1, 0.15) is 0 Å². The molecule has 2 N–H and O–H groups in total. The van der Waals surface area contributed by atoms with Crippen molar-refractivity contribution in [3.8, 4) is 0 Å². The molecular weight excluding hydrogens is 428 g/mol. The smallest absolute Gasteiger partial charge is 0.338 e. The number of thioether (sulfide) groups is 1. The molecule has 7 nitrogen and oxygen atoms in total. The third-order valence-electron chi connectivity index (χ3n) is 4.44. The Hall–Kier alpha value is -3.52. The van der Waals surface area contributed by atoms with Crippen molar-refractivity contribution in [3.05, 3.63) is 78.3 Å². The molecule has 0 bridgehead atoms. The molecule has 0 saturated heterocycles. The van der Waals surface area contributed by atoms with Crippen LogP contribution in [0.2, 0.25) is 0 Å². The average Bonchev–Trinajstić information content (AvgIpc) is 3.33. The van der Waals surface area contributed by atoms with E-state index in [0.29, 0.717) is 30.0 Å². The molecule has 1 heterocycles. The van der Waals surface area contributed by atoms with Crippen molar-refractivity contribution in [3.63, 3.8) is 0 Å². The Morgan fingerprint density at radius 3 is 2.41 bits per heavy atom. The minimum absolute atomic E-state index is 0.147. The summed E-state index contributed by atoms with van der Waals surface area (Å²) in [6.07, 6.45) is 2.05. The first-order valence-corrected chi connectivity index (χ1v) is 11.1. The molecule has 1 unspecified atom stereocenters. The van der Waals surface area contributed by atoms with Crippen molar-refractivity contribution in [1.82, 2.24) is 0 Å². The highest BCUT2D eigenvalue weighted by molar-refractivity contribution is 8.00. The lowest BCUT2D eigenvalue weighted by Gasteiger charge is -2.15. The molecule has 0 aliphatic carbocycles. The zero-order chi connectivity index (χ0) is 22.9. The Morgan fingerprint density at radius 2 is 1.75 bits per heavy atom. The summed E-state index contributed by atoms with van der Waals surface area (Å²) in [5.41, 5.74) is 1.64. The van der Waals surface area contributed by atoms with Gasteiger partial charge in [-0.2, -0.15) is 0 Å². The molecule has 1 aromatic heterocycles. The van der Waals surface area contributed by atoms with E-state index < -0.39 is 5.97 Å². The molecule has 8 heteroatoms. The quantitative estimate of drug-likeness (QED) is 0.341. The number of anilines is 2. The van der Waals surface area contributed by atoms with Gasteiger partial charge >= 0.3 is 5.97 Å². The SMILES string of the molecule is CCOC(=O)c1ccc(NC(=O)C(CC)Sc2cccc(NC(=O)c3ccco3)c2)cc1. The van der Waals surface area contributed by atoms with E-state index in [9.17, 15) is 14.4 Å². The monoisotopic (exact) mass is 452 g/mol. The Bertz CT molecular complexity index is 1060. The van der Waals surface area contributed by atoms with Gasteiger partial charge in [-0.15, -0.1) is 11.8 Å². The number of rotatable bonds is 9. The maximum Gasteiger partial charge on any atom is 0.338 e. The number of hydrogen-bond donors (Lipinski definition) is 2. The van der Waals surface area contributed by atoms with Gasteiger partial charge < -0.3 is 19.8 Å². The summed E-state index contributed by atoms with van der Waals surface area (Å²) in [6.45, 7) is 3.99. The van der Waals surface area contributed by atoms with Gasteiger partial charge in [0.2, 0.25) is 5.91 Å². The molecule has 0 fully saturated rings. The van der Waals surface area contributed by atoms with Crippen LogP contribution in [-0.2, 0) is 9.53 Å². The van der Waals surface area contributed by atoms with Crippen LogP contribution in [0.3, 0.4) is 0 Å². The second kappa shape index (κ2) is 11.2. The van der Waals surface area contributed by atoms with Crippen LogP contribution in [-0.4, -0.2) is 29.6 Å². The molecule has 166 valence electrons. The Balaban J connectivity index is 1.61. The first kappa shape index (κ1) is 23.1. The lowest BCUT2D eigenvalue weighted by molar-refractivity contribution is -0.115. The van der Waals surface area contributed by atoms with Crippen LogP contribution in [0.4, 0.5) is 11.4 Å². The number of amides is 2. The van der Waals surface area contributed by atoms with E-state index in [0.717, 1.165) is 4.90 Å². The maximum absolute atomic E-state index is 12.8.